The number of nitro groups is 1. The first-order valence-electron chi connectivity index (χ1n) is 7.21. The molecule has 1 saturated heterocycles. The van der Waals surface area contributed by atoms with Crippen molar-refractivity contribution in [3.63, 3.8) is 0 Å². The largest absolute Gasteiger partial charge is 0.338 e. The fraction of sp³-hybridized carbons (Fsp3) is 0.533. The van der Waals surface area contributed by atoms with E-state index in [0.29, 0.717) is 18.0 Å². The van der Waals surface area contributed by atoms with Gasteiger partial charge in [0.15, 0.2) is 0 Å². The Labute approximate surface area is 136 Å². The van der Waals surface area contributed by atoms with Crippen molar-refractivity contribution in [3.05, 3.63) is 39.4 Å². The number of carbonyl (C=O) groups is 1. The van der Waals surface area contributed by atoms with E-state index in [2.05, 4.69) is 5.32 Å². The molecule has 1 aliphatic heterocycles. The Morgan fingerprint density at radius 3 is 2.82 bits per heavy atom. The van der Waals surface area contributed by atoms with E-state index in [-0.39, 0.29) is 24.0 Å². The average molecular weight is 328 g/mol. The lowest BCUT2D eigenvalue weighted by Crippen LogP contribution is -2.42. The maximum Gasteiger partial charge on any atom is 0.270 e. The Bertz CT molecular complexity index is 549. The average Bonchev–Trinajstić information content (AvgIpc) is 2.46. The van der Waals surface area contributed by atoms with Gasteiger partial charge in [-0.2, -0.15) is 0 Å². The van der Waals surface area contributed by atoms with Crippen molar-refractivity contribution in [3.8, 4) is 0 Å². The number of nitrogens with zero attached hydrogens (tertiary/aromatic N) is 2. The van der Waals surface area contributed by atoms with Crippen LogP contribution in [0.2, 0.25) is 0 Å². The molecule has 1 aliphatic rings. The third kappa shape index (κ3) is 4.42. The second-order valence-corrected chi connectivity index (χ2v) is 5.63. The highest BCUT2D eigenvalue weighted by Crippen LogP contribution is 2.21. The number of benzene rings is 1. The van der Waals surface area contributed by atoms with Crippen LogP contribution in [0.15, 0.2) is 18.2 Å². The van der Waals surface area contributed by atoms with Crippen LogP contribution in [0.5, 0.6) is 0 Å². The Balaban J connectivity index is 0.00000242. The highest BCUT2D eigenvalue weighted by molar-refractivity contribution is 5.95. The monoisotopic (exact) mass is 327 g/mol. The summed E-state index contributed by atoms with van der Waals surface area (Å²) in [5, 5.41) is 14.1. The molecule has 0 saturated carbocycles. The van der Waals surface area contributed by atoms with Crippen LogP contribution in [0.1, 0.15) is 28.8 Å². The van der Waals surface area contributed by atoms with Crippen molar-refractivity contribution >= 4 is 24.0 Å². The Morgan fingerprint density at radius 2 is 2.18 bits per heavy atom. The third-order valence-corrected chi connectivity index (χ3v) is 3.82. The molecule has 0 aliphatic carbocycles. The second kappa shape index (κ2) is 8.10. The molecular weight excluding hydrogens is 306 g/mol. The van der Waals surface area contributed by atoms with Gasteiger partial charge in [0.2, 0.25) is 0 Å². The van der Waals surface area contributed by atoms with Gasteiger partial charge in [-0.3, -0.25) is 14.9 Å². The number of piperidine rings is 1. The lowest BCUT2D eigenvalue weighted by Gasteiger charge is -2.32. The van der Waals surface area contributed by atoms with Gasteiger partial charge in [-0.15, -0.1) is 12.4 Å². The van der Waals surface area contributed by atoms with E-state index in [0.717, 1.165) is 31.5 Å². The molecule has 0 radical (unpaired) electrons. The molecule has 1 N–H and O–H groups in total. The van der Waals surface area contributed by atoms with Gasteiger partial charge in [0.25, 0.3) is 11.6 Å². The molecule has 0 spiro atoms. The minimum Gasteiger partial charge on any atom is -0.338 e. The van der Waals surface area contributed by atoms with Crippen molar-refractivity contribution in [1.82, 2.24) is 10.2 Å². The van der Waals surface area contributed by atoms with E-state index >= 15 is 0 Å². The molecule has 1 amide bonds. The highest BCUT2D eigenvalue weighted by Gasteiger charge is 2.25. The molecule has 1 heterocycles. The Morgan fingerprint density at radius 1 is 1.45 bits per heavy atom. The number of carbonyl (C=O) groups excluding carboxylic acids is 1. The molecule has 0 bridgehead atoms. The van der Waals surface area contributed by atoms with Gasteiger partial charge in [0.1, 0.15) is 0 Å². The van der Waals surface area contributed by atoms with Crippen LogP contribution in [-0.4, -0.2) is 42.4 Å². The predicted molar refractivity (Wildman–Crippen MR) is 87.6 cm³/mol. The molecule has 1 aromatic rings. The first-order valence-corrected chi connectivity index (χ1v) is 7.21. The zero-order valence-corrected chi connectivity index (χ0v) is 13.7. The number of rotatable bonds is 4. The molecule has 1 aromatic carbocycles. The summed E-state index contributed by atoms with van der Waals surface area (Å²) in [5.41, 5.74) is 1.12. The number of non-ortho nitro benzene ring substituents is 1. The molecule has 2 rings (SSSR count). The van der Waals surface area contributed by atoms with Gasteiger partial charge in [-0.25, -0.2) is 0 Å². The van der Waals surface area contributed by atoms with Crippen LogP contribution in [0.4, 0.5) is 5.69 Å². The number of likely N-dealkylation sites (tertiary alicyclic amines) is 1. The van der Waals surface area contributed by atoms with Gasteiger partial charge in [0, 0.05) is 30.8 Å². The standard InChI is InChI=1S/C15H21N3O3.ClH/c1-11-6-13(8-14(7-11)18(20)21)15(19)17-5-3-4-12(10-17)9-16-2;/h6-8,12,16H,3-5,9-10H2,1-2H3;1H. The zero-order chi connectivity index (χ0) is 15.4. The normalized spacial score (nSPS) is 17.7. The topological polar surface area (TPSA) is 75.5 Å². The number of aryl methyl sites for hydroxylation is 1. The quantitative estimate of drug-likeness (QED) is 0.680. The van der Waals surface area contributed by atoms with E-state index in [1.807, 2.05) is 11.9 Å². The van der Waals surface area contributed by atoms with Gasteiger partial charge in [-0.1, -0.05) is 0 Å². The summed E-state index contributed by atoms with van der Waals surface area (Å²) in [6.45, 7) is 4.09. The van der Waals surface area contributed by atoms with Gasteiger partial charge in [0.05, 0.1) is 4.92 Å². The SMILES string of the molecule is CNCC1CCCN(C(=O)c2cc(C)cc([N+](=O)[O-])c2)C1.Cl. The number of nitro benzene ring substituents is 1. The number of nitrogens with one attached hydrogen (secondary N) is 1. The van der Waals surface area contributed by atoms with E-state index in [1.165, 1.54) is 12.1 Å². The van der Waals surface area contributed by atoms with Crippen LogP contribution >= 0.6 is 12.4 Å². The van der Waals surface area contributed by atoms with Crippen molar-refractivity contribution in [1.29, 1.82) is 0 Å². The molecule has 7 heteroatoms. The summed E-state index contributed by atoms with van der Waals surface area (Å²) >= 11 is 0. The minimum absolute atomic E-state index is 0. The summed E-state index contributed by atoms with van der Waals surface area (Å²) < 4.78 is 0. The maximum absolute atomic E-state index is 12.6. The molecular formula is C15H22ClN3O3. The van der Waals surface area contributed by atoms with Crippen LogP contribution in [0.25, 0.3) is 0 Å². The first-order chi connectivity index (χ1) is 10.0. The molecule has 22 heavy (non-hydrogen) atoms. The second-order valence-electron chi connectivity index (χ2n) is 5.63. The summed E-state index contributed by atoms with van der Waals surface area (Å²) in [6.07, 6.45) is 2.09. The smallest absolute Gasteiger partial charge is 0.270 e. The van der Waals surface area contributed by atoms with Crippen LogP contribution in [-0.2, 0) is 0 Å². The molecule has 1 unspecified atom stereocenters. The zero-order valence-electron chi connectivity index (χ0n) is 12.9. The van der Waals surface area contributed by atoms with E-state index in [9.17, 15) is 14.9 Å². The minimum atomic E-state index is -0.455. The van der Waals surface area contributed by atoms with Crippen LogP contribution < -0.4 is 5.32 Å². The van der Waals surface area contributed by atoms with Crippen molar-refractivity contribution in [2.24, 2.45) is 5.92 Å². The van der Waals surface area contributed by atoms with Gasteiger partial charge >= 0.3 is 0 Å². The molecule has 1 fully saturated rings. The Kier molecular flexibility index (Phi) is 6.77. The van der Waals surface area contributed by atoms with E-state index in [4.69, 9.17) is 0 Å². The highest BCUT2D eigenvalue weighted by atomic mass is 35.5. The van der Waals surface area contributed by atoms with Crippen molar-refractivity contribution < 1.29 is 9.72 Å². The summed E-state index contributed by atoms with van der Waals surface area (Å²) in [4.78, 5) is 24.8. The van der Waals surface area contributed by atoms with Crippen LogP contribution in [0.3, 0.4) is 0 Å². The lowest BCUT2D eigenvalue weighted by molar-refractivity contribution is -0.384. The molecule has 122 valence electrons. The Hall–Kier alpha value is -1.66. The molecule has 0 aromatic heterocycles. The predicted octanol–water partition coefficient (Wildman–Crippen LogP) is 2.40. The third-order valence-electron chi connectivity index (χ3n) is 3.82. The lowest BCUT2D eigenvalue weighted by atomic mass is 9.97. The van der Waals surface area contributed by atoms with Crippen molar-refractivity contribution in [2.45, 2.75) is 19.8 Å². The number of hydrogen-bond donors (Lipinski definition) is 1. The fourth-order valence-corrected chi connectivity index (χ4v) is 2.88. The molecule has 6 nitrogen and oxygen atoms in total. The molecule has 1 atom stereocenters. The number of halogens is 1. The fourth-order valence-electron chi connectivity index (χ4n) is 2.88. The first kappa shape index (κ1) is 18.4. The van der Waals surface area contributed by atoms with Gasteiger partial charge in [-0.05, 0) is 50.9 Å². The summed E-state index contributed by atoms with van der Waals surface area (Å²) in [6, 6.07) is 4.57. The number of hydrogen-bond acceptors (Lipinski definition) is 4. The number of amides is 1. The maximum atomic E-state index is 12.6. The summed E-state index contributed by atoms with van der Waals surface area (Å²) in [5.74, 6) is 0.343. The van der Waals surface area contributed by atoms with Crippen LogP contribution in [0, 0.1) is 23.0 Å². The van der Waals surface area contributed by atoms with E-state index in [1.54, 1.807) is 13.0 Å². The van der Waals surface area contributed by atoms with Gasteiger partial charge < -0.3 is 10.2 Å². The van der Waals surface area contributed by atoms with E-state index < -0.39 is 4.92 Å². The van der Waals surface area contributed by atoms with Crippen molar-refractivity contribution in [2.75, 3.05) is 26.7 Å². The summed E-state index contributed by atoms with van der Waals surface area (Å²) in [7, 11) is 1.91.